The Morgan fingerprint density at radius 2 is 2.00 bits per heavy atom. The Morgan fingerprint density at radius 1 is 1.39 bits per heavy atom. The highest BCUT2D eigenvalue weighted by molar-refractivity contribution is 5.94. The number of nitrogens with zero attached hydrogens (tertiary/aromatic N) is 2. The Bertz CT molecular complexity index is 511. The standard InChI is InChI=1S/C12H11F3N2O/c1-7(5-6-16)17(2)12(18)8-3-4-9(13)11(15)10(8)14/h3-4,7H,5H2,1-2H3. The van der Waals surface area contributed by atoms with E-state index >= 15 is 0 Å². The number of carbonyl (C=O) groups excluding carboxylic acids is 1. The Hall–Kier alpha value is -2.03. The molecule has 6 heteroatoms. The summed E-state index contributed by atoms with van der Waals surface area (Å²) in [5, 5.41) is 8.50. The third-order valence-corrected chi connectivity index (χ3v) is 2.63. The van der Waals surface area contributed by atoms with Gasteiger partial charge in [0.15, 0.2) is 17.5 Å². The van der Waals surface area contributed by atoms with E-state index in [0.29, 0.717) is 6.07 Å². The first-order chi connectivity index (χ1) is 8.40. The highest BCUT2D eigenvalue weighted by Gasteiger charge is 2.23. The lowest BCUT2D eigenvalue weighted by molar-refractivity contribution is 0.0740. The molecule has 18 heavy (non-hydrogen) atoms. The van der Waals surface area contributed by atoms with Crippen molar-refractivity contribution in [3.63, 3.8) is 0 Å². The maximum atomic E-state index is 13.4. The lowest BCUT2D eigenvalue weighted by Crippen LogP contribution is -2.35. The van der Waals surface area contributed by atoms with E-state index < -0.39 is 35.0 Å². The minimum absolute atomic E-state index is 0.0630. The summed E-state index contributed by atoms with van der Waals surface area (Å²) in [6, 6.07) is 2.99. The molecule has 0 bridgehead atoms. The molecule has 0 aliphatic carbocycles. The smallest absolute Gasteiger partial charge is 0.256 e. The van der Waals surface area contributed by atoms with Gasteiger partial charge in [-0.15, -0.1) is 0 Å². The van der Waals surface area contributed by atoms with Crippen molar-refractivity contribution >= 4 is 5.91 Å². The second-order valence-electron chi connectivity index (χ2n) is 3.85. The normalized spacial score (nSPS) is 11.8. The second kappa shape index (κ2) is 5.54. The van der Waals surface area contributed by atoms with E-state index in [1.54, 1.807) is 6.92 Å². The largest absolute Gasteiger partial charge is 0.338 e. The number of benzene rings is 1. The molecule has 1 atom stereocenters. The van der Waals surface area contributed by atoms with Crippen LogP contribution in [0, 0.1) is 28.8 Å². The van der Waals surface area contributed by atoms with Crippen LogP contribution in [-0.4, -0.2) is 23.9 Å². The van der Waals surface area contributed by atoms with Gasteiger partial charge in [0.2, 0.25) is 0 Å². The predicted molar refractivity (Wildman–Crippen MR) is 58.1 cm³/mol. The minimum Gasteiger partial charge on any atom is -0.338 e. The SMILES string of the molecule is CC(CC#N)N(C)C(=O)c1ccc(F)c(F)c1F. The topological polar surface area (TPSA) is 44.1 Å². The molecule has 1 unspecified atom stereocenters. The van der Waals surface area contributed by atoms with Crippen LogP contribution in [0.15, 0.2) is 12.1 Å². The molecule has 0 fully saturated rings. The Labute approximate surface area is 102 Å². The molecule has 1 rings (SSSR count). The van der Waals surface area contributed by atoms with E-state index in [9.17, 15) is 18.0 Å². The summed E-state index contributed by atoms with van der Waals surface area (Å²) >= 11 is 0. The van der Waals surface area contributed by atoms with Crippen LogP contribution >= 0.6 is 0 Å². The minimum atomic E-state index is -1.68. The van der Waals surface area contributed by atoms with Crippen molar-refractivity contribution in [1.29, 1.82) is 5.26 Å². The van der Waals surface area contributed by atoms with E-state index in [2.05, 4.69) is 0 Å². The Morgan fingerprint density at radius 3 is 2.56 bits per heavy atom. The van der Waals surface area contributed by atoms with E-state index in [-0.39, 0.29) is 6.42 Å². The van der Waals surface area contributed by atoms with Crippen LogP contribution in [0.25, 0.3) is 0 Å². The molecule has 0 aromatic heterocycles. The zero-order valence-electron chi connectivity index (χ0n) is 9.88. The van der Waals surface area contributed by atoms with E-state index in [0.717, 1.165) is 11.0 Å². The molecule has 0 N–H and O–H groups in total. The quantitative estimate of drug-likeness (QED) is 0.780. The molecule has 1 aromatic carbocycles. The maximum Gasteiger partial charge on any atom is 0.256 e. The fourth-order valence-electron chi connectivity index (χ4n) is 1.35. The molecule has 1 amide bonds. The predicted octanol–water partition coefficient (Wildman–Crippen LogP) is 2.48. The highest BCUT2D eigenvalue weighted by Crippen LogP contribution is 2.17. The average Bonchev–Trinajstić information content (AvgIpc) is 2.35. The summed E-state index contributed by atoms with van der Waals surface area (Å²) in [7, 11) is 1.37. The Kier molecular flexibility index (Phi) is 4.32. The molecule has 0 aliphatic rings. The fourth-order valence-corrected chi connectivity index (χ4v) is 1.35. The zero-order valence-corrected chi connectivity index (χ0v) is 9.88. The number of carbonyl (C=O) groups is 1. The number of halogens is 3. The number of amides is 1. The molecular weight excluding hydrogens is 245 g/mol. The first kappa shape index (κ1) is 14.0. The monoisotopic (exact) mass is 256 g/mol. The van der Waals surface area contributed by atoms with E-state index in [4.69, 9.17) is 5.26 Å². The second-order valence-corrected chi connectivity index (χ2v) is 3.85. The molecule has 0 heterocycles. The van der Waals surface area contributed by atoms with Gasteiger partial charge in [-0.05, 0) is 19.1 Å². The van der Waals surface area contributed by atoms with Gasteiger partial charge in [0, 0.05) is 13.1 Å². The molecule has 0 aliphatic heterocycles. The number of nitriles is 1. The zero-order chi connectivity index (χ0) is 13.9. The molecule has 0 spiro atoms. The van der Waals surface area contributed by atoms with Crippen LogP contribution in [0.1, 0.15) is 23.7 Å². The summed E-state index contributed by atoms with van der Waals surface area (Å²) in [6.07, 6.45) is 0.0630. The molecule has 1 aromatic rings. The van der Waals surface area contributed by atoms with Gasteiger partial charge >= 0.3 is 0 Å². The molecule has 96 valence electrons. The van der Waals surface area contributed by atoms with Gasteiger partial charge in [0.25, 0.3) is 5.91 Å². The summed E-state index contributed by atoms with van der Waals surface area (Å²) in [4.78, 5) is 12.9. The fraction of sp³-hybridized carbons (Fsp3) is 0.333. The van der Waals surface area contributed by atoms with Gasteiger partial charge in [-0.3, -0.25) is 4.79 Å². The first-order valence-corrected chi connectivity index (χ1v) is 5.17. The van der Waals surface area contributed by atoms with E-state index in [1.165, 1.54) is 7.05 Å². The first-order valence-electron chi connectivity index (χ1n) is 5.17. The highest BCUT2D eigenvalue weighted by atomic mass is 19.2. The van der Waals surface area contributed by atoms with Gasteiger partial charge in [-0.1, -0.05) is 0 Å². The van der Waals surface area contributed by atoms with Crippen LogP contribution < -0.4 is 0 Å². The van der Waals surface area contributed by atoms with Crippen molar-refractivity contribution in [2.75, 3.05) is 7.05 Å². The van der Waals surface area contributed by atoms with Crippen LogP contribution in [0.4, 0.5) is 13.2 Å². The molecule has 0 saturated heterocycles. The summed E-state index contributed by atoms with van der Waals surface area (Å²) in [6.45, 7) is 1.60. The van der Waals surface area contributed by atoms with Crippen LogP contribution in [0.2, 0.25) is 0 Å². The van der Waals surface area contributed by atoms with Gasteiger partial charge < -0.3 is 4.90 Å². The summed E-state index contributed by atoms with van der Waals surface area (Å²) < 4.78 is 39.1. The van der Waals surface area contributed by atoms with Gasteiger partial charge in [0.05, 0.1) is 18.1 Å². The van der Waals surface area contributed by atoms with Gasteiger partial charge in [0.1, 0.15) is 0 Å². The van der Waals surface area contributed by atoms with Crippen molar-refractivity contribution in [2.24, 2.45) is 0 Å². The van der Waals surface area contributed by atoms with Crippen molar-refractivity contribution in [2.45, 2.75) is 19.4 Å². The van der Waals surface area contributed by atoms with Crippen LogP contribution in [0.3, 0.4) is 0 Å². The third kappa shape index (κ3) is 2.62. The number of hydrogen-bond acceptors (Lipinski definition) is 2. The van der Waals surface area contributed by atoms with Crippen molar-refractivity contribution in [3.8, 4) is 6.07 Å². The average molecular weight is 256 g/mol. The maximum absolute atomic E-state index is 13.4. The summed E-state index contributed by atoms with van der Waals surface area (Å²) in [5.74, 6) is -5.34. The lowest BCUT2D eigenvalue weighted by Gasteiger charge is -2.23. The number of hydrogen-bond donors (Lipinski definition) is 0. The van der Waals surface area contributed by atoms with Crippen molar-refractivity contribution in [3.05, 3.63) is 35.1 Å². The third-order valence-electron chi connectivity index (χ3n) is 2.63. The number of rotatable bonds is 3. The van der Waals surface area contributed by atoms with Crippen molar-refractivity contribution in [1.82, 2.24) is 4.90 Å². The summed E-state index contributed by atoms with van der Waals surface area (Å²) in [5.41, 5.74) is -0.554. The van der Waals surface area contributed by atoms with Crippen LogP contribution in [0.5, 0.6) is 0 Å². The van der Waals surface area contributed by atoms with E-state index in [1.807, 2.05) is 6.07 Å². The molecule has 0 radical (unpaired) electrons. The van der Waals surface area contributed by atoms with Gasteiger partial charge in [-0.25, -0.2) is 13.2 Å². The van der Waals surface area contributed by atoms with Crippen molar-refractivity contribution < 1.29 is 18.0 Å². The molecular formula is C12H11F3N2O. The lowest BCUT2D eigenvalue weighted by atomic mass is 10.1. The molecule has 0 saturated carbocycles. The van der Waals surface area contributed by atoms with Crippen LogP contribution in [-0.2, 0) is 0 Å². The molecule has 3 nitrogen and oxygen atoms in total. The Balaban J connectivity index is 3.05. The van der Waals surface area contributed by atoms with Gasteiger partial charge in [-0.2, -0.15) is 5.26 Å².